The SMILES string of the molecule is Cc1cccc(C(C)/C(=C\Cl)CNC(=O)OC(C)(C)C)c1. The minimum Gasteiger partial charge on any atom is -0.444 e. The summed E-state index contributed by atoms with van der Waals surface area (Å²) in [5.74, 6) is 0.136. The molecule has 0 aliphatic rings. The van der Waals surface area contributed by atoms with E-state index >= 15 is 0 Å². The third-order valence-corrected chi connectivity index (χ3v) is 3.35. The number of rotatable bonds is 4. The van der Waals surface area contributed by atoms with Gasteiger partial charge in [-0.05, 0) is 38.8 Å². The van der Waals surface area contributed by atoms with E-state index in [2.05, 4.69) is 37.4 Å². The van der Waals surface area contributed by atoms with Crippen molar-refractivity contribution in [2.24, 2.45) is 0 Å². The van der Waals surface area contributed by atoms with Crippen LogP contribution in [-0.4, -0.2) is 18.2 Å². The van der Waals surface area contributed by atoms with Crippen LogP contribution in [0, 0.1) is 6.92 Å². The lowest BCUT2D eigenvalue weighted by Gasteiger charge is -2.21. The molecule has 0 saturated carbocycles. The van der Waals surface area contributed by atoms with Gasteiger partial charge in [-0.2, -0.15) is 0 Å². The third-order valence-electron chi connectivity index (χ3n) is 3.07. The van der Waals surface area contributed by atoms with Crippen LogP contribution >= 0.6 is 11.6 Å². The standard InChI is InChI=1S/C17H24ClNO2/c1-12-7-6-8-14(9-12)13(2)15(10-18)11-19-16(20)21-17(3,4)5/h6-10,13H,11H2,1-5H3,(H,19,20)/b15-10-. The van der Waals surface area contributed by atoms with Crippen LogP contribution < -0.4 is 5.32 Å². The van der Waals surface area contributed by atoms with Crippen LogP contribution in [0.5, 0.6) is 0 Å². The van der Waals surface area contributed by atoms with Gasteiger partial charge in [-0.3, -0.25) is 0 Å². The largest absolute Gasteiger partial charge is 0.444 e. The molecule has 0 heterocycles. The molecule has 0 spiro atoms. The molecule has 1 rings (SSSR count). The fourth-order valence-corrected chi connectivity index (χ4v) is 2.19. The second kappa shape index (κ2) is 7.51. The van der Waals surface area contributed by atoms with Gasteiger partial charge in [0.25, 0.3) is 0 Å². The van der Waals surface area contributed by atoms with Crippen molar-refractivity contribution in [3.05, 3.63) is 46.5 Å². The first kappa shape index (κ1) is 17.6. The molecular weight excluding hydrogens is 286 g/mol. The van der Waals surface area contributed by atoms with Crippen LogP contribution in [0.25, 0.3) is 0 Å². The number of carbonyl (C=O) groups excluding carboxylic acids is 1. The molecule has 1 aromatic carbocycles. The minimum absolute atomic E-state index is 0.136. The molecule has 0 aromatic heterocycles. The van der Waals surface area contributed by atoms with E-state index in [-0.39, 0.29) is 5.92 Å². The summed E-state index contributed by atoms with van der Waals surface area (Å²) in [7, 11) is 0. The first-order chi connectivity index (χ1) is 9.73. The van der Waals surface area contributed by atoms with Crippen LogP contribution in [0.15, 0.2) is 35.4 Å². The Kier molecular flexibility index (Phi) is 6.28. The normalized spacial score (nSPS) is 13.7. The number of benzene rings is 1. The van der Waals surface area contributed by atoms with E-state index in [9.17, 15) is 4.79 Å². The zero-order valence-electron chi connectivity index (χ0n) is 13.4. The van der Waals surface area contributed by atoms with Crippen LogP contribution in [0.1, 0.15) is 44.7 Å². The summed E-state index contributed by atoms with van der Waals surface area (Å²) in [6.45, 7) is 9.99. The molecule has 3 nitrogen and oxygen atoms in total. The molecule has 1 N–H and O–H groups in total. The molecule has 0 aliphatic heterocycles. The molecule has 116 valence electrons. The molecule has 1 amide bonds. The summed E-state index contributed by atoms with van der Waals surface area (Å²) < 4.78 is 5.22. The minimum atomic E-state index is -0.503. The molecule has 0 fully saturated rings. The molecule has 21 heavy (non-hydrogen) atoms. The lowest BCUT2D eigenvalue weighted by atomic mass is 9.93. The number of hydrogen-bond donors (Lipinski definition) is 1. The van der Waals surface area contributed by atoms with Crippen LogP contribution in [0.4, 0.5) is 4.79 Å². The van der Waals surface area contributed by atoms with Crippen molar-refractivity contribution in [3.63, 3.8) is 0 Å². The van der Waals surface area contributed by atoms with Crippen molar-refractivity contribution in [2.45, 2.75) is 46.1 Å². The Morgan fingerprint density at radius 2 is 2.10 bits per heavy atom. The van der Waals surface area contributed by atoms with Crippen molar-refractivity contribution in [2.75, 3.05) is 6.54 Å². The predicted molar refractivity (Wildman–Crippen MR) is 87.8 cm³/mol. The Morgan fingerprint density at radius 1 is 1.43 bits per heavy atom. The van der Waals surface area contributed by atoms with Gasteiger partial charge < -0.3 is 10.1 Å². The smallest absolute Gasteiger partial charge is 0.407 e. The highest BCUT2D eigenvalue weighted by atomic mass is 35.5. The van der Waals surface area contributed by atoms with Gasteiger partial charge in [-0.15, -0.1) is 0 Å². The van der Waals surface area contributed by atoms with Gasteiger partial charge in [0.2, 0.25) is 0 Å². The molecule has 1 aromatic rings. The maximum Gasteiger partial charge on any atom is 0.407 e. The fourth-order valence-electron chi connectivity index (χ4n) is 1.93. The summed E-state index contributed by atoms with van der Waals surface area (Å²) in [5.41, 5.74) is 4.34. The van der Waals surface area contributed by atoms with Gasteiger partial charge in [0, 0.05) is 18.0 Å². The molecule has 0 bridgehead atoms. The number of alkyl carbamates (subject to hydrolysis) is 1. The van der Waals surface area contributed by atoms with E-state index in [0.717, 1.165) is 5.57 Å². The number of amides is 1. The van der Waals surface area contributed by atoms with Gasteiger partial charge in [0.15, 0.2) is 0 Å². The summed E-state index contributed by atoms with van der Waals surface area (Å²) >= 11 is 5.91. The second-order valence-corrected chi connectivity index (χ2v) is 6.39. The van der Waals surface area contributed by atoms with Crippen molar-refractivity contribution in [3.8, 4) is 0 Å². The van der Waals surface area contributed by atoms with Crippen molar-refractivity contribution in [1.82, 2.24) is 5.32 Å². The second-order valence-electron chi connectivity index (χ2n) is 6.18. The summed E-state index contributed by atoms with van der Waals surface area (Å²) in [6, 6.07) is 8.26. The van der Waals surface area contributed by atoms with E-state index in [4.69, 9.17) is 16.3 Å². The Hall–Kier alpha value is -1.48. The number of aryl methyl sites for hydroxylation is 1. The maximum absolute atomic E-state index is 11.7. The fraction of sp³-hybridized carbons (Fsp3) is 0.471. The first-order valence-corrected chi connectivity index (χ1v) is 7.49. The molecule has 0 saturated heterocycles. The number of nitrogens with one attached hydrogen (secondary N) is 1. The van der Waals surface area contributed by atoms with Crippen LogP contribution in [0.3, 0.4) is 0 Å². The predicted octanol–water partition coefficient (Wildman–Crippen LogP) is 4.75. The zero-order valence-corrected chi connectivity index (χ0v) is 14.1. The van der Waals surface area contributed by atoms with Crippen molar-refractivity contribution < 1.29 is 9.53 Å². The molecule has 0 aliphatic carbocycles. The zero-order chi connectivity index (χ0) is 16.0. The van der Waals surface area contributed by atoms with Gasteiger partial charge in [-0.1, -0.05) is 48.4 Å². The van der Waals surface area contributed by atoms with Gasteiger partial charge in [0.05, 0.1) is 0 Å². The lowest BCUT2D eigenvalue weighted by Crippen LogP contribution is -2.34. The van der Waals surface area contributed by atoms with Crippen LogP contribution in [0.2, 0.25) is 0 Å². The quantitative estimate of drug-likeness (QED) is 0.872. The highest BCUT2D eigenvalue weighted by molar-refractivity contribution is 6.25. The average molecular weight is 310 g/mol. The van der Waals surface area contributed by atoms with E-state index in [1.54, 1.807) is 0 Å². The molecular formula is C17H24ClNO2. The summed E-state index contributed by atoms with van der Waals surface area (Å²) in [5, 5.41) is 2.74. The lowest BCUT2D eigenvalue weighted by molar-refractivity contribution is 0.0532. The molecule has 1 unspecified atom stereocenters. The first-order valence-electron chi connectivity index (χ1n) is 7.05. The van der Waals surface area contributed by atoms with E-state index in [0.29, 0.717) is 6.54 Å². The Labute approximate surface area is 132 Å². The van der Waals surface area contributed by atoms with Crippen LogP contribution in [-0.2, 0) is 4.74 Å². The Morgan fingerprint density at radius 3 is 2.62 bits per heavy atom. The summed E-state index contributed by atoms with van der Waals surface area (Å²) in [6.07, 6.45) is -0.435. The van der Waals surface area contributed by atoms with Gasteiger partial charge >= 0.3 is 6.09 Å². The topological polar surface area (TPSA) is 38.3 Å². The van der Waals surface area contributed by atoms with Crippen molar-refractivity contribution in [1.29, 1.82) is 0 Å². The summed E-state index contributed by atoms with van der Waals surface area (Å²) in [4.78, 5) is 11.7. The van der Waals surface area contributed by atoms with Gasteiger partial charge in [-0.25, -0.2) is 4.79 Å². The average Bonchev–Trinajstić information content (AvgIpc) is 2.37. The van der Waals surface area contributed by atoms with E-state index in [1.807, 2.05) is 26.8 Å². The molecule has 0 radical (unpaired) electrons. The van der Waals surface area contributed by atoms with E-state index in [1.165, 1.54) is 16.7 Å². The number of halogens is 1. The third kappa shape index (κ3) is 6.21. The monoisotopic (exact) mass is 309 g/mol. The number of hydrogen-bond acceptors (Lipinski definition) is 2. The number of ether oxygens (including phenoxy) is 1. The highest BCUT2D eigenvalue weighted by Gasteiger charge is 2.17. The highest BCUT2D eigenvalue weighted by Crippen LogP contribution is 2.24. The van der Waals surface area contributed by atoms with E-state index < -0.39 is 11.7 Å². The molecule has 1 atom stereocenters. The van der Waals surface area contributed by atoms with Gasteiger partial charge in [0.1, 0.15) is 5.60 Å². The van der Waals surface area contributed by atoms with Crippen molar-refractivity contribution >= 4 is 17.7 Å². The Balaban J connectivity index is 2.66. The number of carbonyl (C=O) groups is 1. The Bertz CT molecular complexity index is 518. The molecule has 4 heteroatoms. The maximum atomic E-state index is 11.7.